The Kier molecular flexibility index (Phi) is 5.00. The van der Waals surface area contributed by atoms with Crippen LogP contribution in [0.5, 0.6) is 0 Å². The second-order valence-corrected chi connectivity index (χ2v) is 4.79. The molecule has 3 nitrogen and oxygen atoms in total. The largest absolute Gasteiger partial charge is 0.380 e. The SMILES string of the molecule is COCc1ccccc1CNc1ccc(Cl)cc1C#N. The lowest BCUT2D eigenvalue weighted by atomic mass is 10.1. The fourth-order valence-electron chi connectivity index (χ4n) is 1.98. The van der Waals surface area contributed by atoms with Crippen LogP contribution in [0.1, 0.15) is 16.7 Å². The Balaban J connectivity index is 2.15. The minimum atomic E-state index is 0.543. The summed E-state index contributed by atoms with van der Waals surface area (Å²) in [6.07, 6.45) is 0. The minimum absolute atomic E-state index is 0.543. The van der Waals surface area contributed by atoms with Gasteiger partial charge in [0.05, 0.1) is 17.9 Å². The summed E-state index contributed by atoms with van der Waals surface area (Å²) in [4.78, 5) is 0. The molecular formula is C16H15ClN2O. The number of hydrogen-bond donors (Lipinski definition) is 1. The standard InChI is InChI=1S/C16H15ClN2O/c1-20-11-13-5-3-2-4-12(13)10-19-16-7-6-15(17)8-14(16)9-18/h2-8,19H,10-11H2,1H3. The molecule has 0 heterocycles. The molecule has 0 radical (unpaired) electrons. The van der Waals surface area contributed by atoms with Crippen molar-refractivity contribution in [1.82, 2.24) is 0 Å². The molecule has 0 unspecified atom stereocenters. The van der Waals surface area contributed by atoms with Crippen molar-refractivity contribution in [3.63, 3.8) is 0 Å². The summed E-state index contributed by atoms with van der Waals surface area (Å²) in [6.45, 7) is 1.21. The van der Waals surface area contributed by atoms with Gasteiger partial charge in [-0.05, 0) is 29.3 Å². The highest BCUT2D eigenvalue weighted by atomic mass is 35.5. The molecule has 0 fully saturated rings. The molecule has 0 aliphatic heterocycles. The fraction of sp³-hybridized carbons (Fsp3) is 0.188. The zero-order valence-electron chi connectivity index (χ0n) is 11.2. The van der Waals surface area contributed by atoms with E-state index in [9.17, 15) is 0 Å². The maximum atomic E-state index is 9.11. The summed E-state index contributed by atoms with van der Waals surface area (Å²) in [5.41, 5.74) is 3.61. The third-order valence-corrected chi connectivity index (χ3v) is 3.22. The van der Waals surface area contributed by atoms with Crippen LogP contribution in [0.25, 0.3) is 0 Å². The molecule has 102 valence electrons. The van der Waals surface area contributed by atoms with Gasteiger partial charge in [0.1, 0.15) is 6.07 Å². The van der Waals surface area contributed by atoms with E-state index in [0.717, 1.165) is 16.8 Å². The number of methoxy groups -OCH3 is 1. The number of hydrogen-bond acceptors (Lipinski definition) is 3. The maximum Gasteiger partial charge on any atom is 0.101 e. The number of nitrogens with zero attached hydrogens (tertiary/aromatic N) is 1. The van der Waals surface area contributed by atoms with Crippen molar-refractivity contribution in [3.8, 4) is 6.07 Å². The van der Waals surface area contributed by atoms with Gasteiger partial charge in [0.25, 0.3) is 0 Å². The summed E-state index contributed by atoms with van der Waals surface area (Å²) in [5.74, 6) is 0. The topological polar surface area (TPSA) is 45.0 Å². The van der Waals surface area contributed by atoms with Gasteiger partial charge in [0.2, 0.25) is 0 Å². The van der Waals surface area contributed by atoms with E-state index < -0.39 is 0 Å². The van der Waals surface area contributed by atoms with Gasteiger partial charge < -0.3 is 10.1 Å². The average molecular weight is 287 g/mol. The van der Waals surface area contributed by atoms with Crippen LogP contribution in [0.3, 0.4) is 0 Å². The van der Waals surface area contributed by atoms with E-state index in [-0.39, 0.29) is 0 Å². The highest BCUT2D eigenvalue weighted by Crippen LogP contribution is 2.21. The molecule has 4 heteroatoms. The monoisotopic (exact) mass is 286 g/mol. The molecule has 1 N–H and O–H groups in total. The molecule has 2 aromatic carbocycles. The van der Waals surface area contributed by atoms with E-state index in [1.54, 1.807) is 19.2 Å². The van der Waals surface area contributed by atoms with Crippen LogP contribution in [-0.4, -0.2) is 7.11 Å². The zero-order valence-corrected chi connectivity index (χ0v) is 11.9. The number of benzene rings is 2. The Hall–Kier alpha value is -2.02. The number of nitriles is 1. The molecule has 0 bridgehead atoms. The van der Waals surface area contributed by atoms with Crippen LogP contribution in [0.2, 0.25) is 5.02 Å². The molecule has 0 atom stereocenters. The Bertz CT molecular complexity index is 635. The lowest BCUT2D eigenvalue weighted by molar-refractivity contribution is 0.184. The van der Waals surface area contributed by atoms with E-state index in [1.165, 1.54) is 0 Å². The first-order chi connectivity index (χ1) is 9.74. The van der Waals surface area contributed by atoms with Crippen molar-refractivity contribution < 1.29 is 4.74 Å². The normalized spacial score (nSPS) is 10.1. The lowest BCUT2D eigenvalue weighted by Crippen LogP contribution is -2.04. The average Bonchev–Trinajstić information content (AvgIpc) is 2.47. The lowest BCUT2D eigenvalue weighted by Gasteiger charge is -2.12. The van der Waals surface area contributed by atoms with Crippen molar-refractivity contribution in [2.24, 2.45) is 0 Å². The zero-order chi connectivity index (χ0) is 14.4. The predicted octanol–water partition coefficient (Wildman–Crippen LogP) is 3.97. The Labute approximate surface area is 123 Å². The number of halogens is 1. The second kappa shape index (κ2) is 6.95. The summed E-state index contributed by atoms with van der Waals surface area (Å²) in [5, 5.41) is 12.9. The van der Waals surface area contributed by atoms with Crippen molar-refractivity contribution >= 4 is 17.3 Å². The molecule has 2 rings (SSSR count). The van der Waals surface area contributed by atoms with E-state index in [1.807, 2.05) is 30.3 Å². The first kappa shape index (κ1) is 14.4. The molecular weight excluding hydrogens is 272 g/mol. The maximum absolute atomic E-state index is 9.11. The second-order valence-electron chi connectivity index (χ2n) is 4.36. The van der Waals surface area contributed by atoms with E-state index in [0.29, 0.717) is 23.7 Å². The molecule has 20 heavy (non-hydrogen) atoms. The fourth-order valence-corrected chi connectivity index (χ4v) is 2.15. The molecule has 0 aromatic heterocycles. The summed E-state index contributed by atoms with van der Waals surface area (Å²) >= 11 is 5.88. The quantitative estimate of drug-likeness (QED) is 0.904. The van der Waals surface area contributed by atoms with Crippen LogP contribution < -0.4 is 5.32 Å². The van der Waals surface area contributed by atoms with Gasteiger partial charge in [-0.3, -0.25) is 0 Å². The number of anilines is 1. The first-order valence-electron chi connectivity index (χ1n) is 6.24. The van der Waals surface area contributed by atoms with E-state index in [2.05, 4.69) is 11.4 Å². The van der Waals surface area contributed by atoms with Crippen molar-refractivity contribution in [2.75, 3.05) is 12.4 Å². The number of ether oxygens (including phenoxy) is 1. The third kappa shape index (κ3) is 3.51. The van der Waals surface area contributed by atoms with Crippen LogP contribution in [0.4, 0.5) is 5.69 Å². The van der Waals surface area contributed by atoms with Crippen molar-refractivity contribution in [1.29, 1.82) is 5.26 Å². The highest BCUT2D eigenvalue weighted by molar-refractivity contribution is 6.30. The third-order valence-electron chi connectivity index (χ3n) is 2.99. The first-order valence-corrected chi connectivity index (χ1v) is 6.61. The molecule has 0 saturated heterocycles. The van der Waals surface area contributed by atoms with E-state index >= 15 is 0 Å². The molecule has 0 saturated carbocycles. The summed E-state index contributed by atoms with van der Waals surface area (Å²) in [6, 6.07) is 15.4. The molecule has 0 aliphatic rings. The van der Waals surface area contributed by atoms with Gasteiger partial charge in [-0.15, -0.1) is 0 Å². The Morgan fingerprint density at radius 3 is 2.65 bits per heavy atom. The van der Waals surface area contributed by atoms with Gasteiger partial charge in [0.15, 0.2) is 0 Å². The van der Waals surface area contributed by atoms with Crippen LogP contribution in [0.15, 0.2) is 42.5 Å². The van der Waals surface area contributed by atoms with Crippen molar-refractivity contribution in [2.45, 2.75) is 13.2 Å². The molecule has 0 spiro atoms. The highest BCUT2D eigenvalue weighted by Gasteiger charge is 2.05. The summed E-state index contributed by atoms with van der Waals surface area (Å²) < 4.78 is 5.18. The molecule has 2 aromatic rings. The van der Waals surface area contributed by atoms with Gasteiger partial charge in [-0.2, -0.15) is 5.26 Å². The van der Waals surface area contributed by atoms with Crippen LogP contribution >= 0.6 is 11.6 Å². The number of nitrogens with one attached hydrogen (secondary N) is 1. The summed E-state index contributed by atoms with van der Waals surface area (Å²) in [7, 11) is 1.68. The molecule has 0 aliphatic carbocycles. The van der Waals surface area contributed by atoms with Gasteiger partial charge in [-0.25, -0.2) is 0 Å². The van der Waals surface area contributed by atoms with Gasteiger partial charge in [-0.1, -0.05) is 35.9 Å². The predicted molar refractivity (Wildman–Crippen MR) is 80.6 cm³/mol. The smallest absolute Gasteiger partial charge is 0.101 e. The van der Waals surface area contributed by atoms with Crippen LogP contribution in [-0.2, 0) is 17.9 Å². The minimum Gasteiger partial charge on any atom is -0.380 e. The Morgan fingerprint density at radius 1 is 1.20 bits per heavy atom. The van der Waals surface area contributed by atoms with Gasteiger partial charge in [0, 0.05) is 18.7 Å². The molecule has 0 amide bonds. The van der Waals surface area contributed by atoms with Gasteiger partial charge >= 0.3 is 0 Å². The van der Waals surface area contributed by atoms with Crippen molar-refractivity contribution in [3.05, 3.63) is 64.2 Å². The van der Waals surface area contributed by atoms with E-state index in [4.69, 9.17) is 21.6 Å². The van der Waals surface area contributed by atoms with Crippen LogP contribution in [0, 0.1) is 11.3 Å². The number of rotatable bonds is 5. The Morgan fingerprint density at radius 2 is 1.95 bits per heavy atom.